The quantitative estimate of drug-likeness (QED) is 0.165. The van der Waals surface area contributed by atoms with Gasteiger partial charge in [-0.15, -0.1) is 11.8 Å². The molecule has 2 aliphatic rings. The van der Waals surface area contributed by atoms with Crippen LogP contribution < -0.4 is 20.0 Å². The number of rotatable bonds is 10. The van der Waals surface area contributed by atoms with E-state index in [0.29, 0.717) is 12.6 Å². The summed E-state index contributed by atoms with van der Waals surface area (Å²) in [5, 5.41) is 5.13. The Bertz CT molecular complexity index is 1110. The summed E-state index contributed by atoms with van der Waals surface area (Å²) in [5.74, 6) is 3.64. The maximum Gasteiger partial charge on any atom is 0.250 e. The number of anilines is 3. The molecule has 0 bridgehead atoms. The first-order valence-electron chi connectivity index (χ1n) is 12.4. The molecule has 0 spiro atoms. The first-order valence-corrected chi connectivity index (χ1v) is 13.8. The molecule has 8 nitrogen and oxygen atoms in total. The van der Waals surface area contributed by atoms with Crippen molar-refractivity contribution in [3.8, 4) is 5.75 Å². The minimum atomic E-state index is 0.475. The van der Waals surface area contributed by atoms with E-state index in [2.05, 4.69) is 30.3 Å². The standard InChI is InChI=1S/C26H30ClN7OS/c27-21-7-11-23(12-8-21)36-18-17-35-22-9-5-20(6-10-22)19-28-32-24-29-25(33-13-1-2-14-33)31-26(30-24)34-15-3-4-16-34/h5-12,19H,1-4,13-18H2,(H,29,30,31,32)/b28-19-. The van der Waals surface area contributed by atoms with Gasteiger partial charge in [-0.2, -0.15) is 20.1 Å². The normalized spacial score (nSPS) is 15.7. The Hall–Kier alpha value is -3.04. The van der Waals surface area contributed by atoms with E-state index in [1.807, 2.05) is 48.5 Å². The molecule has 36 heavy (non-hydrogen) atoms. The minimum Gasteiger partial charge on any atom is -0.493 e. The Morgan fingerprint density at radius 2 is 1.47 bits per heavy atom. The molecule has 2 aliphatic heterocycles. The smallest absolute Gasteiger partial charge is 0.250 e. The molecule has 2 aromatic carbocycles. The minimum absolute atomic E-state index is 0.475. The van der Waals surface area contributed by atoms with Crippen LogP contribution in [-0.2, 0) is 0 Å². The van der Waals surface area contributed by atoms with E-state index in [1.165, 1.54) is 30.6 Å². The molecule has 0 unspecified atom stereocenters. The van der Waals surface area contributed by atoms with E-state index in [4.69, 9.17) is 21.3 Å². The third-order valence-electron chi connectivity index (χ3n) is 6.08. The lowest BCUT2D eigenvalue weighted by Crippen LogP contribution is -2.25. The molecule has 188 valence electrons. The number of thioether (sulfide) groups is 1. The van der Waals surface area contributed by atoms with Gasteiger partial charge in [0.05, 0.1) is 12.8 Å². The van der Waals surface area contributed by atoms with Gasteiger partial charge in [0.2, 0.25) is 17.8 Å². The highest BCUT2D eigenvalue weighted by Gasteiger charge is 2.21. The maximum absolute atomic E-state index is 5.93. The summed E-state index contributed by atoms with van der Waals surface area (Å²) in [6.45, 7) is 4.57. The van der Waals surface area contributed by atoms with Gasteiger partial charge in [-0.3, -0.25) is 0 Å². The van der Waals surface area contributed by atoms with Gasteiger partial charge in [-0.25, -0.2) is 5.43 Å². The third-order valence-corrected chi connectivity index (χ3v) is 7.31. The van der Waals surface area contributed by atoms with Crippen molar-refractivity contribution in [2.45, 2.75) is 30.6 Å². The number of nitrogens with one attached hydrogen (secondary N) is 1. The molecule has 3 aromatic rings. The zero-order chi connectivity index (χ0) is 24.6. The van der Waals surface area contributed by atoms with Crippen LogP contribution in [0.25, 0.3) is 0 Å². The number of ether oxygens (including phenoxy) is 1. The first kappa shape index (κ1) is 24.6. The lowest BCUT2D eigenvalue weighted by Gasteiger charge is -2.20. The van der Waals surface area contributed by atoms with Crippen molar-refractivity contribution in [1.29, 1.82) is 0 Å². The number of hydrogen-bond donors (Lipinski definition) is 1. The number of aromatic nitrogens is 3. The van der Waals surface area contributed by atoms with Crippen LogP contribution in [0.5, 0.6) is 5.75 Å². The van der Waals surface area contributed by atoms with E-state index >= 15 is 0 Å². The molecule has 2 fully saturated rings. The van der Waals surface area contributed by atoms with Crippen LogP contribution in [0.2, 0.25) is 5.02 Å². The van der Waals surface area contributed by atoms with Crippen molar-refractivity contribution in [1.82, 2.24) is 15.0 Å². The lowest BCUT2D eigenvalue weighted by atomic mass is 10.2. The maximum atomic E-state index is 5.93. The highest BCUT2D eigenvalue weighted by molar-refractivity contribution is 7.99. The number of hydrogen-bond acceptors (Lipinski definition) is 9. The second-order valence-electron chi connectivity index (χ2n) is 8.74. The van der Waals surface area contributed by atoms with Gasteiger partial charge in [-0.05, 0) is 79.8 Å². The van der Waals surface area contributed by atoms with Crippen LogP contribution in [0.3, 0.4) is 0 Å². The molecule has 1 aromatic heterocycles. The van der Waals surface area contributed by atoms with Gasteiger partial charge in [0, 0.05) is 41.8 Å². The molecular formula is C26H30ClN7OS. The molecule has 1 N–H and O–H groups in total. The Labute approximate surface area is 221 Å². The number of hydrazone groups is 1. The number of halogens is 1. The van der Waals surface area contributed by atoms with Crippen molar-refractivity contribution in [3.05, 3.63) is 59.1 Å². The summed E-state index contributed by atoms with van der Waals surface area (Å²) in [4.78, 5) is 19.6. The van der Waals surface area contributed by atoms with Crippen molar-refractivity contribution in [2.75, 3.05) is 53.8 Å². The fourth-order valence-corrected chi connectivity index (χ4v) is 5.04. The summed E-state index contributed by atoms with van der Waals surface area (Å²) < 4.78 is 5.86. The molecule has 0 radical (unpaired) electrons. The zero-order valence-electron chi connectivity index (χ0n) is 20.1. The molecule has 2 saturated heterocycles. The topological polar surface area (TPSA) is 78.8 Å². The largest absolute Gasteiger partial charge is 0.493 e. The molecular weight excluding hydrogens is 494 g/mol. The number of nitrogens with zero attached hydrogens (tertiary/aromatic N) is 6. The van der Waals surface area contributed by atoms with Crippen molar-refractivity contribution in [2.24, 2.45) is 5.10 Å². The Morgan fingerprint density at radius 3 is 2.08 bits per heavy atom. The van der Waals surface area contributed by atoms with Gasteiger partial charge in [-0.1, -0.05) is 11.6 Å². The second kappa shape index (κ2) is 12.3. The Kier molecular flexibility index (Phi) is 8.40. The summed E-state index contributed by atoms with van der Waals surface area (Å²) in [5.41, 5.74) is 3.97. The summed E-state index contributed by atoms with van der Waals surface area (Å²) in [6, 6.07) is 15.7. The molecule has 0 amide bonds. The van der Waals surface area contributed by atoms with Gasteiger partial charge >= 0.3 is 0 Å². The SMILES string of the molecule is Clc1ccc(SCCOc2ccc(/C=N\Nc3nc(N4CCCC4)nc(N4CCCC4)n3)cc2)cc1. The predicted molar refractivity (Wildman–Crippen MR) is 148 cm³/mol. The predicted octanol–water partition coefficient (Wildman–Crippen LogP) is 5.34. The van der Waals surface area contributed by atoms with E-state index in [-0.39, 0.29) is 0 Å². The summed E-state index contributed by atoms with van der Waals surface area (Å²) >= 11 is 7.67. The first-order chi connectivity index (χ1) is 17.7. The second-order valence-corrected chi connectivity index (χ2v) is 10.3. The third kappa shape index (κ3) is 6.79. The van der Waals surface area contributed by atoms with Gasteiger partial charge < -0.3 is 14.5 Å². The fraction of sp³-hybridized carbons (Fsp3) is 0.385. The lowest BCUT2D eigenvalue weighted by molar-refractivity contribution is 0.344. The Morgan fingerprint density at radius 1 is 0.861 bits per heavy atom. The van der Waals surface area contributed by atoms with E-state index in [0.717, 1.165) is 60.2 Å². The molecule has 0 atom stereocenters. The highest BCUT2D eigenvalue weighted by atomic mass is 35.5. The van der Waals surface area contributed by atoms with Crippen LogP contribution >= 0.6 is 23.4 Å². The van der Waals surface area contributed by atoms with Gasteiger partial charge in [0.1, 0.15) is 5.75 Å². The van der Waals surface area contributed by atoms with Crippen molar-refractivity contribution < 1.29 is 4.74 Å². The molecule has 10 heteroatoms. The summed E-state index contributed by atoms with van der Waals surface area (Å²) in [7, 11) is 0. The van der Waals surface area contributed by atoms with E-state index < -0.39 is 0 Å². The fourth-order valence-electron chi connectivity index (χ4n) is 4.19. The van der Waals surface area contributed by atoms with E-state index in [9.17, 15) is 0 Å². The zero-order valence-corrected chi connectivity index (χ0v) is 21.7. The molecule has 3 heterocycles. The van der Waals surface area contributed by atoms with Crippen LogP contribution in [0, 0.1) is 0 Å². The summed E-state index contributed by atoms with van der Waals surface area (Å²) in [6.07, 6.45) is 6.45. The monoisotopic (exact) mass is 523 g/mol. The molecule has 0 aliphatic carbocycles. The average molecular weight is 524 g/mol. The van der Waals surface area contributed by atoms with Crippen LogP contribution in [0.4, 0.5) is 17.8 Å². The Balaban J connectivity index is 1.14. The number of benzene rings is 2. The molecule has 5 rings (SSSR count). The van der Waals surface area contributed by atoms with Gasteiger partial charge in [0.15, 0.2) is 0 Å². The van der Waals surface area contributed by atoms with Crippen molar-refractivity contribution in [3.63, 3.8) is 0 Å². The highest BCUT2D eigenvalue weighted by Crippen LogP contribution is 2.23. The van der Waals surface area contributed by atoms with Gasteiger partial charge in [0.25, 0.3) is 0 Å². The van der Waals surface area contributed by atoms with Crippen LogP contribution in [0.1, 0.15) is 31.2 Å². The van der Waals surface area contributed by atoms with Crippen molar-refractivity contribution >= 4 is 47.4 Å². The van der Waals surface area contributed by atoms with Crippen LogP contribution in [-0.4, -0.2) is 59.7 Å². The molecule has 0 saturated carbocycles. The van der Waals surface area contributed by atoms with Crippen LogP contribution in [0.15, 0.2) is 58.5 Å². The average Bonchev–Trinajstić information content (AvgIpc) is 3.64. The van der Waals surface area contributed by atoms with E-state index in [1.54, 1.807) is 18.0 Å².